The van der Waals surface area contributed by atoms with E-state index in [2.05, 4.69) is 37.9 Å². The van der Waals surface area contributed by atoms with Gasteiger partial charge in [0.25, 0.3) is 0 Å². The average Bonchev–Trinajstić information content (AvgIpc) is 3.06. The fraction of sp³-hybridized carbons (Fsp3) is 1.00. The Kier molecular flexibility index (Phi) is 4.14. The van der Waals surface area contributed by atoms with Crippen molar-refractivity contribution in [3.63, 3.8) is 0 Å². The Bertz CT molecular complexity index is 247. The molecule has 2 atom stereocenters. The van der Waals surface area contributed by atoms with E-state index in [-0.39, 0.29) is 0 Å². The van der Waals surface area contributed by atoms with Crippen molar-refractivity contribution in [2.24, 2.45) is 11.8 Å². The molecule has 2 fully saturated rings. The second kappa shape index (κ2) is 5.27. The van der Waals surface area contributed by atoms with Crippen LogP contribution in [-0.4, -0.2) is 36.1 Å². The zero-order valence-corrected chi connectivity index (χ0v) is 12.1. The summed E-state index contributed by atoms with van der Waals surface area (Å²) in [6.07, 6.45) is 5.53. The Balaban J connectivity index is 2.01. The molecule has 1 aliphatic carbocycles. The van der Waals surface area contributed by atoms with Gasteiger partial charge in [-0.15, -0.1) is 0 Å². The average molecular weight is 238 g/mol. The van der Waals surface area contributed by atoms with Gasteiger partial charge in [0.1, 0.15) is 0 Å². The van der Waals surface area contributed by atoms with E-state index in [1.54, 1.807) is 0 Å². The third-order valence-corrected chi connectivity index (χ3v) is 4.59. The molecule has 1 saturated heterocycles. The molecule has 2 nitrogen and oxygen atoms in total. The number of hydrogen-bond acceptors (Lipinski definition) is 2. The highest BCUT2D eigenvalue weighted by atomic mass is 15.3. The minimum Gasteiger partial charge on any atom is -0.311 e. The topological polar surface area (TPSA) is 15.3 Å². The molecule has 2 heteroatoms. The maximum Gasteiger partial charge on any atom is 0.0334 e. The van der Waals surface area contributed by atoms with Crippen molar-refractivity contribution in [1.82, 2.24) is 10.2 Å². The lowest BCUT2D eigenvalue weighted by molar-refractivity contribution is 0.0238. The minimum atomic E-state index is 0.439. The Morgan fingerprint density at radius 3 is 2.59 bits per heavy atom. The molecule has 0 radical (unpaired) electrons. The quantitative estimate of drug-likeness (QED) is 0.792. The van der Waals surface area contributed by atoms with E-state index >= 15 is 0 Å². The van der Waals surface area contributed by atoms with Crippen molar-refractivity contribution in [1.29, 1.82) is 0 Å². The summed E-state index contributed by atoms with van der Waals surface area (Å²) in [6, 6.07) is 0.727. The van der Waals surface area contributed by atoms with Crippen molar-refractivity contribution in [3.05, 3.63) is 0 Å². The van der Waals surface area contributed by atoms with Crippen LogP contribution in [0.15, 0.2) is 0 Å². The van der Waals surface area contributed by atoms with Crippen molar-refractivity contribution in [2.45, 2.75) is 65.0 Å². The van der Waals surface area contributed by atoms with Crippen molar-refractivity contribution < 1.29 is 0 Å². The molecule has 2 rings (SSSR count). The highest BCUT2D eigenvalue weighted by Crippen LogP contribution is 2.44. The van der Waals surface area contributed by atoms with Gasteiger partial charge in [-0.3, -0.25) is 4.90 Å². The Morgan fingerprint density at radius 2 is 2.06 bits per heavy atom. The molecular weight excluding hydrogens is 208 g/mol. The molecule has 1 aliphatic heterocycles. The summed E-state index contributed by atoms with van der Waals surface area (Å²) in [7, 11) is 0. The van der Waals surface area contributed by atoms with Gasteiger partial charge in [-0.2, -0.15) is 0 Å². The molecule has 0 aromatic heterocycles. The van der Waals surface area contributed by atoms with Crippen LogP contribution in [0.1, 0.15) is 53.4 Å². The molecule has 0 aromatic carbocycles. The zero-order valence-electron chi connectivity index (χ0n) is 12.1. The molecule has 0 bridgehead atoms. The van der Waals surface area contributed by atoms with Crippen molar-refractivity contribution >= 4 is 0 Å². The first-order chi connectivity index (χ1) is 8.06. The van der Waals surface area contributed by atoms with Gasteiger partial charge in [0, 0.05) is 31.2 Å². The Morgan fingerprint density at radius 1 is 1.35 bits per heavy atom. The smallest absolute Gasteiger partial charge is 0.0334 e. The second-order valence-corrected chi connectivity index (χ2v) is 6.80. The largest absolute Gasteiger partial charge is 0.311 e. The van der Waals surface area contributed by atoms with Gasteiger partial charge in [0.2, 0.25) is 0 Å². The lowest BCUT2D eigenvalue weighted by Gasteiger charge is -2.49. The van der Waals surface area contributed by atoms with E-state index in [0.29, 0.717) is 5.54 Å². The molecule has 17 heavy (non-hydrogen) atoms. The predicted octanol–water partition coefficient (Wildman–Crippen LogP) is 2.89. The summed E-state index contributed by atoms with van der Waals surface area (Å²) in [5, 5.41) is 3.79. The Labute approximate surface area is 107 Å². The first-order valence-corrected chi connectivity index (χ1v) is 7.54. The number of nitrogens with zero attached hydrogens (tertiary/aromatic N) is 1. The van der Waals surface area contributed by atoms with Crippen LogP contribution in [0.4, 0.5) is 0 Å². The van der Waals surface area contributed by atoms with Crippen LogP contribution in [0.2, 0.25) is 0 Å². The summed E-state index contributed by atoms with van der Waals surface area (Å²) >= 11 is 0. The monoisotopic (exact) mass is 238 g/mol. The molecule has 1 N–H and O–H groups in total. The summed E-state index contributed by atoms with van der Waals surface area (Å²) in [4.78, 5) is 2.80. The van der Waals surface area contributed by atoms with Crippen LogP contribution < -0.4 is 5.32 Å². The summed E-state index contributed by atoms with van der Waals surface area (Å²) in [5.41, 5.74) is 0.439. The minimum absolute atomic E-state index is 0.439. The van der Waals surface area contributed by atoms with Crippen LogP contribution in [0, 0.1) is 11.8 Å². The fourth-order valence-corrected chi connectivity index (χ4v) is 3.38. The van der Waals surface area contributed by atoms with E-state index in [0.717, 1.165) is 17.9 Å². The molecule has 0 aromatic rings. The molecule has 2 unspecified atom stereocenters. The van der Waals surface area contributed by atoms with E-state index in [1.807, 2.05) is 0 Å². The Hall–Kier alpha value is -0.0800. The van der Waals surface area contributed by atoms with Crippen LogP contribution in [0.5, 0.6) is 0 Å². The molecular formula is C15H30N2. The van der Waals surface area contributed by atoms with E-state index in [9.17, 15) is 0 Å². The summed E-state index contributed by atoms with van der Waals surface area (Å²) < 4.78 is 0. The van der Waals surface area contributed by atoms with Crippen LogP contribution in [0.3, 0.4) is 0 Å². The molecule has 0 amide bonds. The summed E-state index contributed by atoms with van der Waals surface area (Å²) in [6.45, 7) is 13.2. The van der Waals surface area contributed by atoms with Gasteiger partial charge in [0.15, 0.2) is 0 Å². The highest BCUT2D eigenvalue weighted by Gasteiger charge is 2.47. The number of nitrogens with one attached hydrogen (secondary N) is 1. The SMILES string of the molecule is CCCC1CN(CC(C)C)C(C)(C2CC2)CN1. The standard InChI is InChI=1S/C15H30N2/c1-5-6-14-10-17(9-12(2)3)15(4,11-16-14)13-7-8-13/h12-14,16H,5-11H2,1-4H3. The van der Waals surface area contributed by atoms with Crippen LogP contribution >= 0.6 is 0 Å². The van der Waals surface area contributed by atoms with Crippen molar-refractivity contribution in [2.75, 3.05) is 19.6 Å². The lowest BCUT2D eigenvalue weighted by atomic mass is 9.88. The predicted molar refractivity (Wildman–Crippen MR) is 74.2 cm³/mol. The van der Waals surface area contributed by atoms with Gasteiger partial charge in [0.05, 0.1) is 0 Å². The lowest BCUT2D eigenvalue weighted by Crippen LogP contribution is -2.64. The normalized spacial score (nSPS) is 35.5. The molecule has 2 aliphatic rings. The maximum atomic E-state index is 3.79. The third kappa shape index (κ3) is 3.03. The van der Waals surface area contributed by atoms with E-state index in [1.165, 1.54) is 45.3 Å². The number of rotatable bonds is 5. The van der Waals surface area contributed by atoms with Gasteiger partial charge in [-0.25, -0.2) is 0 Å². The number of piperazine rings is 1. The molecule has 1 saturated carbocycles. The molecule has 1 heterocycles. The maximum absolute atomic E-state index is 3.79. The first-order valence-electron chi connectivity index (χ1n) is 7.54. The van der Waals surface area contributed by atoms with Gasteiger partial charge in [-0.1, -0.05) is 27.2 Å². The van der Waals surface area contributed by atoms with Crippen molar-refractivity contribution in [3.8, 4) is 0 Å². The van der Waals surface area contributed by atoms with Gasteiger partial charge in [-0.05, 0) is 38.0 Å². The first kappa shape index (κ1) is 13.4. The zero-order chi connectivity index (χ0) is 12.5. The summed E-state index contributed by atoms with van der Waals surface area (Å²) in [5.74, 6) is 1.74. The molecule has 0 spiro atoms. The van der Waals surface area contributed by atoms with Crippen LogP contribution in [0.25, 0.3) is 0 Å². The van der Waals surface area contributed by atoms with Gasteiger partial charge < -0.3 is 5.32 Å². The third-order valence-electron chi connectivity index (χ3n) is 4.59. The van der Waals surface area contributed by atoms with Crippen LogP contribution in [-0.2, 0) is 0 Å². The fourth-order valence-electron chi connectivity index (χ4n) is 3.38. The van der Waals surface area contributed by atoms with E-state index in [4.69, 9.17) is 0 Å². The van der Waals surface area contributed by atoms with Gasteiger partial charge >= 0.3 is 0 Å². The highest BCUT2D eigenvalue weighted by molar-refractivity contribution is 5.04. The van der Waals surface area contributed by atoms with E-state index < -0.39 is 0 Å². The molecule has 100 valence electrons. The number of hydrogen-bond donors (Lipinski definition) is 1. The second-order valence-electron chi connectivity index (χ2n) is 6.80.